The van der Waals surface area contributed by atoms with Crippen LogP contribution in [0.5, 0.6) is 0 Å². The third kappa shape index (κ3) is 2.23. The van der Waals surface area contributed by atoms with Crippen LogP contribution in [0.4, 0.5) is 0 Å². The SMILES string of the molecule is COC(=O)C(C)(N=N)c1ccc(Br)cc1. The molecule has 0 bridgehead atoms. The van der Waals surface area contributed by atoms with Crippen molar-refractivity contribution >= 4 is 21.9 Å². The fraction of sp³-hybridized carbons (Fsp3) is 0.300. The van der Waals surface area contributed by atoms with Crippen LogP contribution in [-0.4, -0.2) is 13.1 Å². The predicted octanol–water partition coefficient (Wildman–Crippen LogP) is 2.87. The molecule has 0 spiro atoms. The Kier molecular flexibility index (Phi) is 3.57. The average Bonchev–Trinajstić information content (AvgIpc) is 2.27. The van der Waals surface area contributed by atoms with E-state index in [2.05, 4.69) is 25.8 Å². The molecule has 0 saturated carbocycles. The molecule has 0 amide bonds. The van der Waals surface area contributed by atoms with E-state index in [-0.39, 0.29) is 0 Å². The smallest absolute Gasteiger partial charge is 0.340 e. The number of rotatable bonds is 3. The second-order valence-electron chi connectivity index (χ2n) is 3.18. The molecular weight excluding hydrogens is 260 g/mol. The van der Waals surface area contributed by atoms with E-state index >= 15 is 0 Å². The van der Waals surface area contributed by atoms with Crippen molar-refractivity contribution in [2.45, 2.75) is 12.5 Å². The summed E-state index contributed by atoms with van der Waals surface area (Å²) in [7, 11) is 1.28. The number of esters is 1. The Hall–Kier alpha value is -1.23. The molecule has 0 heterocycles. The summed E-state index contributed by atoms with van der Waals surface area (Å²) in [5, 5.41) is 3.35. The van der Waals surface area contributed by atoms with Crippen molar-refractivity contribution in [3.8, 4) is 0 Å². The van der Waals surface area contributed by atoms with Crippen LogP contribution >= 0.6 is 15.9 Å². The van der Waals surface area contributed by atoms with Gasteiger partial charge in [0.15, 0.2) is 5.54 Å². The lowest BCUT2D eigenvalue weighted by molar-refractivity contribution is -0.147. The van der Waals surface area contributed by atoms with Gasteiger partial charge in [-0.25, -0.2) is 10.3 Å². The third-order valence-corrected chi connectivity index (χ3v) is 2.74. The Balaban J connectivity index is 3.17. The van der Waals surface area contributed by atoms with E-state index in [0.717, 1.165) is 4.47 Å². The maximum Gasteiger partial charge on any atom is 0.340 e. The third-order valence-electron chi connectivity index (χ3n) is 2.21. The van der Waals surface area contributed by atoms with Gasteiger partial charge in [0.05, 0.1) is 7.11 Å². The molecule has 0 fully saturated rings. The quantitative estimate of drug-likeness (QED) is 0.678. The molecule has 1 atom stereocenters. The van der Waals surface area contributed by atoms with Gasteiger partial charge in [0, 0.05) is 4.47 Å². The molecule has 1 N–H and O–H groups in total. The van der Waals surface area contributed by atoms with Crippen molar-refractivity contribution in [3.05, 3.63) is 34.3 Å². The van der Waals surface area contributed by atoms with Gasteiger partial charge >= 0.3 is 5.97 Å². The Morgan fingerprint density at radius 1 is 1.47 bits per heavy atom. The van der Waals surface area contributed by atoms with E-state index < -0.39 is 11.5 Å². The van der Waals surface area contributed by atoms with Crippen LogP contribution in [-0.2, 0) is 15.1 Å². The van der Waals surface area contributed by atoms with E-state index in [4.69, 9.17) is 5.53 Å². The first-order chi connectivity index (χ1) is 7.04. The summed E-state index contributed by atoms with van der Waals surface area (Å²) in [4.78, 5) is 11.5. The molecule has 15 heavy (non-hydrogen) atoms. The zero-order valence-corrected chi connectivity index (χ0v) is 10.0. The Morgan fingerprint density at radius 3 is 2.40 bits per heavy atom. The highest BCUT2D eigenvalue weighted by atomic mass is 79.9. The van der Waals surface area contributed by atoms with E-state index in [0.29, 0.717) is 5.56 Å². The largest absolute Gasteiger partial charge is 0.467 e. The fourth-order valence-electron chi connectivity index (χ4n) is 1.20. The first kappa shape index (κ1) is 11.8. The maximum absolute atomic E-state index is 11.5. The summed E-state index contributed by atoms with van der Waals surface area (Å²) in [5.41, 5.74) is 6.47. The highest BCUT2D eigenvalue weighted by molar-refractivity contribution is 9.10. The number of nitrogens with one attached hydrogen (secondary N) is 1. The summed E-state index contributed by atoms with van der Waals surface area (Å²) in [5.74, 6) is -0.542. The molecule has 5 heteroatoms. The number of ether oxygens (including phenoxy) is 1. The van der Waals surface area contributed by atoms with Gasteiger partial charge in [-0.05, 0) is 24.6 Å². The van der Waals surface area contributed by atoms with Gasteiger partial charge < -0.3 is 4.74 Å². The molecule has 1 rings (SSSR count). The molecule has 80 valence electrons. The van der Waals surface area contributed by atoms with Crippen LogP contribution in [0.2, 0.25) is 0 Å². The van der Waals surface area contributed by atoms with E-state index in [9.17, 15) is 4.79 Å². The summed E-state index contributed by atoms with van der Waals surface area (Å²) in [6.45, 7) is 1.55. The Labute approximate surface area is 96.3 Å². The van der Waals surface area contributed by atoms with Gasteiger partial charge in [-0.3, -0.25) is 0 Å². The van der Waals surface area contributed by atoms with Crippen molar-refractivity contribution in [2.75, 3.05) is 7.11 Å². The minimum atomic E-state index is -1.25. The topological polar surface area (TPSA) is 62.5 Å². The van der Waals surface area contributed by atoms with Crippen molar-refractivity contribution in [1.82, 2.24) is 0 Å². The van der Waals surface area contributed by atoms with Crippen molar-refractivity contribution < 1.29 is 9.53 Å². The van der Waals surface area contributed by atoms with Gasteiger partial charge in [-0.15, -0.1) is 0 Å². The molecular formula is C10H11BrN2O2. The van der Waals surface area contributed by atoms with E-state index in [1.807, 2.05) is 0 Å². The van der Waals surface area contributed by atoms with Gasteiger partial charge in [0.25, 0.3) is 0 Å². The summed E-state index contributed by atoms with van der Waals surface area (Å²) < 4.78 is 5.53. The van der Waals surface area contributed by atoms with Gasteiger partial charge in [-0.1, -0.05) is 28.1 Å². The highest BCUT2D eigenvalue weighted by Crippen LogP contribution is 2.27. The van der Waals surface area contributed by atoms with Crippen LogP contribution in [0.25, 0.3) is 0 Å². The van der Waals surface area contributed by atoms with Gasteiger partial charge in [0.1, 0.15) is 0 Å². The summed E-state index contributed by atoms with van der Waals surface area (Å²) >= 11 is 3.29. The van der Waals surface area contributed by atoms with Crippen LogP contribution in [0.1, 0.15) is 12.5 Å². The molecule has 0 aliphatic heterocycles. The summed E-state index contributed by atoms with van der Waals surface area (Å²) in [6.07, 6.45) is 0. The molecule has 0 aromatic heterocycles. The number of nitrogens with zero attached hydrogens (tertiary/aromatic N) is 1. The summed E-state index contributed by atoms with van der Waals surface area (Å²) in [6, 6.07) is 7.06. The van der Waals surface area contributed by atoms with Crippen LogP contribution in [0.15, 0.2) is 33.9 Å². The number of methoxy groups -OCH3 is 1. The lowest BCUT2D eigenvalue weighted by Gasteiger charge is -2.20. The molecule has 1 aromatic rings. The normalized spacial score (nSPS) is 14.1. The number of carbonyl (C=O) groups is 1. The highest BCUT2D eigenvalue weighted by Gasteiger charge is 2.36. The second-order valence-corrected chi connectivity index (χ2v) is 4.10. The number of hydrogen-bond donors (Lipinski definition) is 1. The minimum absolute atomic E-state index is 0.542. The molecule has 1 aromatic carbocycles. The number of benzene rings is 1. The predicted molar refractivity (Wildman–Crippen MR) is 58.7 cm³/mol. The lowest BCUT2D eigenvalue weighted by Crippen LogP contribution is -2.31. The number of halogens is 1. The molecule has 0 aliphatic rings. The molecule has 0 aliphatic carbocycles. The first-order valence-electron chi connectivity index (χ1n) is 4.27. The average molecular weight is 271 g/mol. The van der Waals surface area contributed by atoms with Gasteiger partial charge in [0.2, 0.25) is 0 Å². The van der Waals surface area contributed by atoms with Crippen molar-refractivity contribution in [2.24, 2.45) is 5.11 Å². The standard InChI is InChI=1S/C10H11BrN2O2/c1-10(13-12,9(14)15-2)7-3-5-8(11)6-4-7/h3-6,12H,1-2H3. The molecule has 0 radical (unpaired) electrons. The van der Waals surface area contributed by atoms with Crippen molar-refractivity contribution in [1.29, 1.82) is 5.53 Å². The van der Waals surface area contributed by atoms with Crippen molar-refractivity contribution in [3.63, 3.8) is 0 Å². The lowest BCUT2D eigenvalue weighted by atomic mass is 9.93. The Morgan fingerprint density at radius 2 is 2.00 bits per heavy atom. The van der Waals surface area contributed by atoms with Crippen LogP contribution < -0.4 is 0 Å². The zero-order valence-electron chi connectivity index (χ0n) is 8.45. The first-order valence-corrected chi connectivity index (χ1v) is 5.07. The maximum atomic E-state index is 11.5. The van der Waals surface area contributed by atoms with E-state index in [1.165, 1.54) is 7.11 Å². The van der Waals surface area contributed by atoms with Crippen LogP contribution in [0.3, 0.4) is 0 Å². The molecule has 0 saturated heterocycles. The Bertz CT molecular complexity index is 378. The minimum Gasteiger partial charge on any atom is -0.467 e. The molecule has 1 unspecified atom stereocenters. The monoisotopic (exact) mass is 270 g/mol. The van der Waals surface area contributed by atoms with Gasteiger partial charge in [-0.2, -0.15) is 5.11 Å². The number of carbonyl (C=O) groups excluding carboxylic acids is 1. The zero-order chi connectivity index (χ0) is 11.5. The fourth-order valence-corrected chi connectivity index (χ4v) is 1.47. The number of hydrogen-bond acceptors (Lipinski definition) is 4. The van der Waals surface area contributed by atoms with E-state index in [1.54, 1.807) is 31.2 Å². The second kappa shape index (κ2) is 4.53. The molecule has 4 nitrogen and oxygen atoms in total. The van der Waals surface area contributed by atoms with Crippen LogP contribution in [0, 0.1) is 5.53 Å².